The number of halogens is 1. The molecule has 0 spiro atoms. The van der Waals surface area contributed by atoms with Gasteiger partial charge in [0.15, 0.2) is 11.8 Å². The maximum atomic E-state index is 4.98. The van der Waals surface area contributed by atoms with E-state index in [1.807, 2.05) is 0 Å². The second-order valence-corrected chi connectivity index (χ2v) is 6.78. The first-order valence-corrected chi connectivity index (χ1v) is 9.17. The highest BCUT2D eigenvalue weighted by molar-refractivity contribution is 14.0. The van der Waals surface area contributed by atoms with Crippen molar-refractivity contribution in [2.24, 2.45) is 4.99 Å². The summed E-state index contributed by atoms with van der Waals surface area (Å²) in [5.41, 5.74) is 2.79. The quantitative estimate of drug-likeness (QED) is 0.386. The minimum atomic E-state index is 0. The standard InChI is InChI=1S/C19H28N6O.HI/c1-14-6-4-5-7-16(14)13-25-10-8-17(9-11-25)23-19(20-3)21-12-18-22-15(2)26-24-18;/h4-7,17H,8-13H2,1-3H3,(H2,20,21,23);1H. The van der Waals surface area contributed by atoms with Gasteiger partial charge in [-0.3, -0.25) is 9.89 Å². The van der Waals surface area contributed by atoms with Crippen molar-refractivity contribution in [1.82, 2.24) is 25.7 Å². The molecule has 0 radical (unpaired) electrons. The zero-order valence-corrected chi connectivity index (χ0v) is 18.6. The summed E-state index contributed by atoms with van der Waals surface area (Å²) in [6.07, 6.45) is 2.21. The molecular weight excluding hydrogens is 455 g/mol. The Balaban J connectivity index is 0.00000261. The van der Waals surface area contributed by atoms with Crippen molar-refractivity contribution in [3.05, 3.63) is 47.1 Å². The minimum absolute atomic E-state index is 0. The SMILES string of the molecule is CN=C(NCc1noc(C)n1)NC1CCN(Cc2ccccc2C)CC1.I. The van der Waals surface area contributed by atoms with Crippen molar-refractivity contribution in [2.75, 3.05) is 20.1 Å². The molecule has 0 amide bonds. The number of rotatable bonds is 5. The molecule has 0 atom stereocenters. The monoisotopic (exact) mass is 484 g/mol. The van der Waals surface area contributed by atoms with Crippen LogP contribution >= 0.6 is 24.0 Å². The van der Waals surface area contributed by atoms with Crippen LogP contribution in [0.15, 0.2) is 33.8 Å². The summed E-state index contributed by atoms with van der Waals surface area (Å²) < 4.78 is 4.98. The molecule has 0 aliphatic carbocycles. The van der Waals surface area contributed by atoms with Gasteiger partial charge in [-0.2, -0.15) is 4.98 Å². The van der Waals surface area contributed by atoms with E-state index in [1.54, 1.807) is 14.0 Å². The Morgan fingerprint density at radius 3 is 2.63 bits per heavy atom. The lowest BCUT2D eigenvalue weighted by Gasteiger charge is -2.33. The molecule has 2 heterocycles. The first-order chi connectivity index (χ1) is 12.6. The second-order valence-electron chi connectivity index (χ2n) is 6.78. The van der Waals surface area contributed by atoms with Gasteiger partial charge < -0.3 is 15.2 Å². The minimum Gasteiger partial charge on any atom is -0.354 e. The molecule has 1 aromatic carbocycles. The van der Waals surface area contributed by atoms with E-state index in [4.69, 9.17) is 4.52 Å². The van der Waals surface area contributed by atoms with Crippen molar-refractivity contribution < 1.29 is 4.52 Å². The van der Waals surface area contributed by atoms with Crippen LogP contribution in [0.25, 0.3) is 0 Å². The number of aryl methyl sites for hydroxylation is 2. The Labute approximate surface area is 178 Å². The van der Waals surface area contributed by atoms with Crippen LogP contribution in [0.2, 0.25) is 0 Å². The molecule has 3 rings (SSSR count). The van der Waals surface area contributed by atoms with Gasteiger partial charge in [-0.05, 0) is 30.9 Å². The van der Waals surface area contributed by atoms with Gasteiger partial charge >= 0.3 is 0 Å². The predicted molar refractivity (Wildman–Crippen MR) is 117 cm³/mol. The number of hydrogen-bond donors (Lipinski definition) is 2. The summed E-state index contributed by atoms with van der Waals surface area (Å²) >= 11 is 0. The number of piperidine rings is 1. The number of nitrogens with one attached hydrogen (secondary N) is 2. The van der Waals surface area contributed by atoms with Crippen LogP contribution in [0.1, 0.15) is 35.7 Å². The van der Waals surface area contributed by atoms with E-state index in [9.17, 15) is 0 Å². The van der Waals surface area contributed by atoms with Gasteiger partial charge in [0.2, 0.25) is 5.89 Å². The second kappa shape index (κ2) is 10.6. The van der Waals surface area contributed by atoms with Gasteiger partial charge in [-0.1, -0.05) is 29.4 Å². The van der Waals surface area contributed by atoms with Crippen LogP contribution in [0.5, 0.6) is 0 Å². The molecule has 2 aromatic rings. The fourth-order valence-electron chi connectivity index (χ4n) is 3.23. The van der Waals surface area contributed by atoms with E-state index in [2.05, 4.69) is 61.9 Å². The topological polar surface area (TPSA) is 78.6 Å². The number of nitrogens with zero attached hydrogens (tertiary/aromatic N) is 4. The van der Waals surface area contributed by atoms with Gasteiger partial charge in [0.1, 0.15) is 0 Å². The molecule has 1 saturated heterocycles. The number of likely N-dealkylation sites (tertiary alicyclic amines) is 1. The van der Waals surface area contributed by atoms with Crippen molar-refractivity contribution in [1.29, 1.82) is 0 Å². The average Bonchev–Trinajstić information content (AvgIpc) is 3.07. The van der Waals surface area contributed by atoms with E-state index >= 15 is 0 Å². The molecule has 1 fully saturated rings. The summed E-state index contributed by atoms with van der Waals surface area (Å²) in [4.78, 5) is 11.0. The number of hydrogen-bond acceptors (Lipinski definition) is 5. The number of aliphatic imine (C=N–C) groups is 1. The molecule has 1 aliphatic rings. The highest BCUT2D eigenvalue weighted by Gasteiger charge is 2.20. The summed E-state index contributed by atoms with van der Waals surface area (Å²) in [6, 6.07) is 9.07. The van der Waals surface area contributed by atoms with Crippen LogP contribution in [0, 0.1) is 13.8 Å². The fourth-order valence-corrected chi connectivity index (χ4v) is 3.23. The molecule has 7 nitrogen and oxygen atoms in total. The predicted octanol–water partition coefficient (Wildman–Crippen LogP) is 2.63. The summed E-state index contributed by atoms with van der Waals surface area (Å²) in [5.74, 6) is 1.99. The third kappa shape index (κ3) is 6.46. The zero-order valence-electron chi connectivity index (χ0n) is 16.2. The van der Waals surface area contributed by atoms with Crippen molar-refractivity contribution in [2.45, 2.75) is 45.8 Å². The molecule has 27 heavy (non-hydrogen) atoms. The highest BCUT2D eigenvalue weighted by Crippen LogP contribution is 2.16. The van der Waals surface area contributed by atoms with Gasteiger partial charge in [-0.25, -0.2) is 0 Å². The molecule has 8 heteroatoms. The Hall–Kier alpha value is -1.68. The number of benzene rings is 1. The van der Waals surface area contributed by atoms with Gasteiger partial charge in [0.05, 0.1) is 6.54 Å². The maximum Gasteiger partial charge on any atom is 0.223 e. The first kappa shape index (κ1) is 21.6. The lowest BCUT2D eigenvalue weighted by molar-refractivity contribution is 0.198. The first-order valence-electron chi connectivity index (χ1n) is 9.17. The molecule has 2 N–H and O–H groups in total. The smallest absolute Gasteiger partial charge is 0.223 e. The number of guanidine groups is 1. The van der Waals surface area contributed by atoms with Crippen LogP contribution in [-0.2, 0) is 13.1 Å². The lowest BCUT2D eigenvalue weighted by atomic mass is 10.0. The van der Waals surface area contributed by atoms with Crippen molar-refractivity contribution in [3.8, 4) is 0 Å². The van der Waals surface area contributed by atoms with Crippen molar-refractivity contribution >= 4 is 29.9 Å². The molecule has 1 aliphatic heterocycles. The average molecular weight is 484 g/mol. The Morgan fingerprint density at radius 2 is 2.00 bits per heavy atom. The largest absolute Gasteiger partial charge is 0.354 e. The van der Waals surface area contributed by atoms with Gasteiger partial charge in [0, 0.05) is 39.6 Å². The van der Waals surface area contributed by atoms with Gasteiger partial charge in [0.25, 0.3) is 0 Å². The zero-order chi connectivity index (χ0) is 18.4. The van der Waals surface area contributed by atoms with Crippen LogP contribution in [-0.4, -0.2) is 47.2 Å². The van der Waals surface area contributed by atoms with E-state index in [0.29, 0.717) is 24.3 Å². The fraction of sp³-hybridized carbons (Fsp3) is 0.526. The van der Waals surface area contributed by atoms with E-state index in [0.717, 1.165) is 38.4 Å². The van der Waals surface area contributed by atoms with Crippen LogP contribution in [0.3, 0.4) is 0 Å². The Kier molecular flexibility index (Phi) is 8.49. The van der Waals surface area contributed by atoms with E-state index in [-0.39, 0.29) is 24.0 Å². The van der Waals surface area contributed by atoms with E-state index < -0.39 is 0 Å². The maximum absolute atomic E-state index is 4.98. The summed E-state index contributed by atoms with van der Waals surface area (Å²) in [7, 11) is 1.78. The molecule has 0 unspecified atom stereocenters. The Morgan fingerprint density at radius 1 is 1.26 bits per heavy atom. The van der Waals surface area contributed by atoms with Gasteiger partial charge in [-0.15, -0.1) is 24.0 Å². The van der Waals surface area contributed by atoms with Crippen LogP contribution < -0.4 is 10.6 Å². The van der Waals surface area contributed by atoms with Crippen molar-refractivity contribution in [3.63, 3.8) is 0 Å². The highest BCUT2D eigenvalue weighted by atomic mass is 127. The van der Waals surface area contributed by atoms with E-state index in [1.165, 1.54) is 11.1 Å². The molecule has 0 saturated carbocycles. The number of aromatic nitrogens is 2. The van der Waals surface area contributed by atoms with Crippen LogP contribution in [0.4, 0.5) is 0 Å². The lowest BCUT2D eigenvalue weighted by Crippen LogP contribution is -2.48. The molecule has 148 valence electrons. The Bertz CT molecular complexity index is 739. The molecular formula is C19H29IN6O. The molecule has 1 aromatic heterocycles. The summed E-state index contributed by atoms with van der Waals surface area (Å²) in [5, 5.41) is 10.6. The third-order valence-corrected chi connectivity index (χ3v) is 4.79. The third-order valence-electron chi connectivity index (χ3n) is 4.79. The molecule has 0 bridgehead atoms. The normalized spacial score (nSPS) is 16.0. The summed E-state index contributed by atoms with van der Waals surface area (Å²) in [6.45, 7) is 7.69.